The summed E-state index contributed by atoms with van der Waals surface area (Å²) in [5.74, 6) is -0.690. The Balaban J connectivity index is 0.000000463. The third-order valence-electron chi connectivity index (χ3n) is 3.59. The van der Waals surface area contributed by atoms with Crippen molar-refractivity contribution in [3.8, 4) is 11.1 Å². The smallest absolute Gasteiger partial charge is 0.339 e. The molecule has 0 aliphatic heterocycles. The molecule has 0 amide bonds. The summed E-state index contributed by atoms with van der Waals surface area (Å²) in [5, 5.41) is 7.29. The molecule has 2 aromatic carbocycles. The van der Waals surface area contributed by atoms with Gasteiger partial charge >= 0.3 is 5.97 Å². The number of nitrogens with two attached hydrogens (primary N) is 1. The number of hydrogen-bond donors (Lipinski definition) is 2. The van der Waals surface area contributed by atoms with Crippen molar-refractivity contribution in [2.24, 2.45) is 0 Å². The van der Waals surface area contributed by atoms with Crippen LogP contribution in [0, 0.1) is 13.8 Å². The maximum absolute atomic E-state index is 9.34. The van der Waals surface area contributed by atoms with Gasteiger partial charge in [0.1, 0.15) is 0 Å². The van der Waals surface area contributed by atoms with Crippen molar-refractivity contribution in [2.75, 3.05) is 24.7 Å². The molecule has 0 heterocycles. The van der Waals surface area contributed by atoms with E-state index in [1.807, 2.05) is 12.1 Å². The summed E-state index contributed by atoms with van der Waals surface area (Å²) in [5.41, 5.74) is 13.0. The van der Waals surface area contributed by atoms with Gasteiger partial charge in [-0.25, -0.2) is 4.79 Å². The van der Waals surface area contributed by atoms with Crippen molar-refractivity contribution in [3.05, 3.63) is 47.5 Å². The lowest BCUT2D eigenvalue weighted by Gasteiger charge is -2.19. The molecule has 5 nitrogen and oxygen atoms in total. The Morgan fingerprint density at radius 2 is 1.57 bits per heavy atom. The van der Waals surface area contributed by atoms with Crippen LogP contribution in [0.3, 0.4) is 0 Å². The molecule has 2 rings (SSSR count). The Hall–Kier alpha value is -2.53. The zero-order valence-electron chi connectivity index (χ0n) is 14.3. The minimum absolute atomic E-state index is 0.690. The molecule has 0 spiro atoms. The summed E-state index contributed by atoms with van der Waals surface area (Å²) < 4.78 is 0. The van der Waals surface area contributed by atoms with Gasteiger partial charge in [-0.1, -0.05) is 18.2 Å². The molecule has 0 fully saturated rings. The fourth-order valence-electron chi connectivity index (χ4n) is 2.27. The van der Waals surface area contributed by atoms with Crippen molar-refractivity contribution in [3.63, 3.8) is 0 Å². The first-order chi connectivity index (χ1) is 10.8. The average Bonchev–Trinajstić information content (AvgIpc) is 2.51. The summed E-state index contributed by atoms with van der Waals surface area (Å²) in [7, 11) is 4.15. The zero-order valence-corrected chi connectivity index (χ0v) is 14.3. The number of nitrogens with zero attached hydrogens (tertiary/aromatic N) is 1. The molecule has 5 heteroatoms. The largest absolute Gasteiger partial charge is 0.399 e. The number of anilines is 2. The zero-order chi connectivity index (χ0) is 17.6. The van der Waals surface area contributed by atoms with E-state index < -0.39 is 5.97 Å². The molecule has 0 unspecified atom stereocenters. The van der Waals surface area contributed by atoms with E-state index in [9.17, 15) is 4.79 Å². The van der Waals surface area contributed by atoms with Crippen LogP contribution in [0.4, 0.5) is 11.4 Å². The van der Waals surface area contributed by atoms with Crippen LogP contribution in [0.25, 0.3) is 11.1 Å². The van der Waals surface area contributed by atoms with E-state index in [0.29, 0.717) is 0 Å². The molecular formula is C18H24N2O3. The third-order valence-corrected chi connectivity index (χ3v) is 3.59. The fourth-order valence-corrected chi connectivity index (χ4v) is 2.27. The van der Waals surface area contributed by atoms with Crippen LogP contribution in [-0.2, 0) is 9.68 Å². The van der Waals surface area contributed by atoms with Crippen LogP contribution in [0.2, 0.25) is 0 Å². The van der Waals surface area contributed by atoms with E-state index >= 15 is 0 Å². The van der Waals surface area contributed by atoms with Gasteiger partial charge in [-0.05, 0) is 54.3 Å². The van der Waals surface area contributed by atoms with Crippen molar-refractivity contribution in [1.82, 2.24) is 0 Å². The number of carbonyl (C=O) groups is 1. The lowest BCUT2D eigenvalue weighted by atomic mass is 9.95. The maximum atomic E-state index is 9.34. The predicted molar refractivity (Wildman–Crippen MR) is 94.5 cm³/mol. The highest BCUT2D eigenvalue weighted by Gasteiger charge is 2.09. The molecule has 0 atom stereocenters. The van der Waals surface area contributed by atoms with Crippen LogP contribution >= 0.6 is 0 Å². The van der Waals surface area contributed by atoms with Crippen molar-refractivity contribution < 1.29 is 14.9 Å². The highest BCUT2D eigenvalue weighted by atomic mass is 17.1. The second-order valence-corrected chi connectivity index (χ2v) is 5.48. The first kappa shape index (κ1) is 18.5. The van der Waals surface area contributed by atoms with E-state index in [4.69, 9.17) is 11.0 Å². The molecule has 0 bridgehead atoms. The lowest BCUT2D eigenvalue weighted by Crippen LogP contribution is -2.11. The maximum Gasteiger partial charge on any atom is 0.339 e. The topological polar surface area (TPSA) is 75.8 Å². The standard InChI is InChI=1S/C16H20N2.C2H4O3/c1-11-12(2)16(18(3)4)10-9-15(11)13-5-7-14(17)8-6-13;1-2(3)5-4/h5-10H,17H2,1-4H3;4H,1H3. The number of hydrogen-bond acceptors (Lipinski definition) is 5. The third kappa shape index (κ3) is 5.00. The van der Waals surface area contributed by atoms with Crippen LogP contribution in [0.5, 0.6) is 0 Å². The van der Waals surface area contributed by atoms with Crippen LogP contribution in [0.1, 0.15) is 18.1 Å². The van der Waals surface area contributed by atoms with Crippen LogP contribution in [0.15, 0.2) is 36.4 Å². The monoisotopic (exact) mass is 316 g/mol. The SMILES string of the molecule is CC(=O)OO.Cc1c(-c2ccc(N)cc2)ccc(N(C)C)c1C. The molecule has 124 valence electrons. The molecule has 0 aliphatic rings. The van der Waals surface area contributed by atoms with E-state index in [1.54, 1.807) is 0 Å². The molecule has 2 aromatic rings. The summed E-state index contributed by atoms with van der Waals surface area (Å²) >= 11 is 0. The normalized spacial score (nSPS) is 9.65. The van der Waals surface area contributed by atoms with Gasteiger partial charge in [-0.15, -0.1) is 0 Å². The van der Waals surface area contributed by atoms with E-state index in [-0.39, 0.29) is 0 Å². The van der Waals surface area contributed by atoms with Crippen LogP contribution < -0.4 is 10.6 Å². The Labute approximate surface area is 137 Å². The first-order valence-corrected chi connectivity index (χ1v) is 7.23. The van der Waals surface area contributed by atoms with E-state index in [1.165, 1.54) is 27.9 Å². The molecular weight excluding hydrogens is 292 g/mol. The van der Waals surface area contributed by atoms with Gasteiger partial charge in [-0.3, -0.25) is 0 Å². The molecule has 3 N–H and O–H groups in total. The van der Waals surface area contributed by atoms with Gasteiger partial charge in [0.15, 0.2) is 0 Å². The summed E-state index contributed by atoms with van der Waals surface area (Å²) in [6.07, 6.45) is 0. The van der Waals surface area contributed by atoms with Crippen molar-refractivity contribution >= 4 is 17.3 Å². The van der Waals surface area contributed by atoms with Gasteiger partial charge < -0.3 is 15.5 Å². The fraction of sp³-hybridized carbons (Fsp3) is 0.278. The summed E-state index contributed by atoms with van der Waals surface area (Å²) in [6, 6.07) is 12.4. The van der Waals surface area contributed by atoms with E-state index in [0.717, 1.165) is 12.6 Å². The molecule has 0 saturated carbocycles. The van der Waals surface area contributed by atoms with Gasteiger partial charge in [0.25, 0.3) is 0 Å². The average molecular weight is 316 g/mol. The second-order valence-electron chi connectivity index (χ2n) is 5.48. The Morgan fingerprint density at radius 1 is 1.04 bits per heavy atom. The second kappa shape index (κ2) is 8.19. The minimum Gasteiger partial charge on any atom is -0.399 e. The summed E-state index contributed by atoms with van der Waals surface area (Å²) in [4.78, 5) is 14.6. The number of carbonyl (C=O) groups excluding carboxylic acids is 1. The molecule has 0 aliphatic carbocycles. The minimum atomic E-state index is -0.690. The number of rotatable bonds is 2. The van der Waals surface area contributed by atoms with Gasteiger partial charge in [0.2, 0.25) is 0 Å². The van der Waals surface area contributed by atoms with Gasteiger partial charge in [-0.2, -0.15) is 5.26 Å². The molecule has 0 radical (unpaired) electrons. The molecule has 0 saturated heterocycles. The first-order valence-electron chi connectivity index (χ1n) is 7.23. The molecule has 23 heavy (non-hydrogen) atoms. The van der Waals surface area contributed by atoms with Gasteiger partial charge in [0.05, 0.1) is 0 Å². The molecule has 0 aromatic heterocycles. The Bertz CT molecular complexity index is 665. The Morgan fingerprint density at radius 3 is 2.00 bits per heavy atom. The Kier molecular flexibility index (Phi) is 6.60. The number of nitrogen functional groups attached to an aromatic ring is 1. The van der Waals surface area contributed by atoms with Crippen molar-refractivity contribution in [2.45, 2.75) is 20.8 Å². The summed E-state index contributed by atoms with van der Waals surface area (Å²) in [6.45, 7) is 5.46. The number of benzene rings is 2. The predicted octanol–water partition coefficient (Wildman–Crippen LogP) is 3.64. The highest BCUT2D eigenvalue weighted by Crippen LogP contribution is 2.31. The quantitative estimate of drug-likeness (QED) is 0.502. The van der Waals surface area contributed by atoms with Gasteiger partial charge in [0, 0.05) is 32.4 Å². The lowest BCUT2D eigenvalue weighted by molar-refractivity contribution is -0.231. The van der Waals surface area contributed by atoms with Crippen molar-refractivity contribution in [1.29, 1.82) is 0 Å². The van der Waals surface area contributed by atoms with Crippen LogP contribution in [-0.4, -0.2) is 25.3 Å². The highest BCUT2D eigenvalue weighted by molar-refractivity contribution is 5.74. The van der Waals surface area contributed by atoms with E-state index in [2.05, 4.69) is 62.0 Å².